The van der Waals surface area contributed by atoms with Crippen molar-refractivity contribution in [3.63, 3.8) is 0 Å². The Morgan fingerprint density at radius 3 is 2.45 bits per heavy atom. The largest absolute Gasteiger partial charge is 0.497 e. The van der Waals surface area contributed by atoms with E-state index >= 15 is 0 Å². The fourth-order valence-electron chi connectivity index (χ4n) is 1.89. The fraction of sp³-hybridized carbons (Fsp3) is 0.133. The van der Waals surface area contributed by atoms with Crippen molar-refractivity contribution in [2.75, 3.05) is 24.4 Å². The number of ether oxygens (including phenoxy) is 1. The fourth-order valence-corrected chi connectivity index (χ4v) is 1.89. The molecular weight excluding hydrogens is 283 g/mol. The topological polar surface area (TPSA) is 82.0 Å². The van der Waals surface area contributed by atoms with Gasteiger partial charge in [0, 0.05) is 18.4 Å². The molecular formula is C15H17BN2O4. The average molecular weight is 300 g/mol. The van der Waals surface area contributed by atoms with Gasteiger partial charge in [0.15, 0.2) is 0 Å². The number of carbonyl (C=O) groups excluding carboxylic acids is 1. The Hall–Kier alpha value is -2.51. The smallest absolute Gasteiger partial charge is 0.488 e. The van der Waals surface area contributed by atoms with Gasteiger partial charge >= 0.3 is 13.1 Å². The van der Waals surface area contributed by atoms with Gasteiger partial charge in [-0.3, -0.25) is 4.90 Å². The second-order valence-corrected chi connectivity index (χ2v) is 4.69. The van der Waals surface area contributed by atoms with Crippen molar-refractivity contribution in [3.8, 4) is 5.75 Å². The van der Waals surface area contributed by atoms with E-state index in [-0.39, 0.29) is 6.03 Å². The normalized spacial score (nSPS) is 10.0. The number of benzene rings is 2. The Labute approximate surface area is 129 Å². The summed E-state index contributed by atoms with van der Waals surface area (Å²) in [4.78, 5) is 13.6. The lowest BCUT2D eigenvalue weighted by atomic mass is 9.80. The highest BCUT2D eigenvalue weighted by Gasteiger charge is 2.15. The van der Waals surface area contributed by atoms with Gasteiger partial charge in [-0.05, 0) is 41.9 Å². The number of anilines is 2. The van der Waals surface area contributed by atoms with Crippen LogP contribution in [0.3, 0.4) is 0 Å². The standard InChI is InChI=1S/C15H17BN2O4/c1-18(13-5-3-4-11(10-13)16(20)21)15(19)17-12-6-8-14(22-2)9-7-12/h3-10,20-21H,1-2H3,(H,17,19). The Balaban J connectivity index is 2.09. The monoisotopic (exact) mass is 300 g/mol. The lowest BCUT2D eigenvalue weighted by Gasteiger charge is -2.19. The second kappa shape index (κ2) is 6.97. The van der Waals surface area contributed by atoms with Crippen molar-refractivity contribution in [3.05, 3.63) is 48.5 Å². The van der Waals surface area contributed by atoms with Crippen LogP contribution in [0.5, 0.6) is 5.75 Å². The summed E-state index contributed by atoms with van der Waals surface area (Å²) in [7, 11) is 1.60. The summed E-state index contributed by atoms with van der Waals surface area (Å²) in [5.41, 5.74) is 1.51. The van der Waals surface area contributed by atoms with Crippen molar-refractivity contribution in [1.82, 2.24) is 0 Å². The number of carbonyl (C=O) groups is 1. The van der Waals surface area contributed by atoms with Crippen LogP contribution in [-0.4, -0.2) is 37.4 Å². The summed E-state index contributed by atoms with van der Waals surface area (Å²) in [6, 6.07) is 13.1. The van der Waals surface area contributed by atoms with E-state index in [1.807, 2.05) is 0 Å². The maximum absolute atomic E-state index is 12.2. The van der Waals surface area contributed by atoms with Gasteiger partial charge < -0.3 is 20.1 Å². The SMILES string of the molecule is COc1ccc(NC(=O)N(C)c2cccc(B(O)O)c2)cc1. The van der Waals surface area contributed by atoms with Crippen LogP contribution in [0.15, 0.2) is 48.5 Å². The third-order valence-electron chi connectivity index (χ3n) is 3.20. The van der Waals surface area contributed by atoms with Gasteiger partial charge in [0.1, 0.15) is 5.75 Å². The van der Waals surface area contributed by atoms with Crippen LogP contribution < -0.4 is 20.4 Å². The van der Waals surface area contributed by atoms with Gasteiger partial charge in [0.05, 0.1) is 7.11 Å². The van der Waals surface area contributed by atoms with Gasteiger partial charge in [-0.2, -0.15) is 0 Å². The van der Waals surface area contributed by atoms with E-state index in [0.717, 1.165) is 0 Å². The molecule has 0 radical (unpaired) electrons. The molecule has 0 atom stereocenters. The minimum absolute atomic E-state index is 0.321. The third-order valence-corrected chi connectivity index (χ3v) is 3.20. The predicted molar refractivity (Wildman–Crippen MR) is 86.7 cm³/mol. The first-order valence-corrected chi connectivity index (χ1v) is 6.66. The molecule has 0 saturated heterocycles. The number of urea groups is 1. The molecule has 0 aliphatic carbocycles. The molecule has 7 heteroatoms. The van der Waals surface area contributed by atoms with Gasteiger partial charge in [-0.25, -0.2) is 4.79 Å². The molecule has 114 valence electrons. The third kappa shape index (κ3) is 3.78. The lowest BCUT2D eigenvalue weighted by molar-refractivity contribution is 0.258. The summed E-state index contributed by atoms with van der Waals surface area (Å²) in [5.74, 6) is 0.705. The van der Waals surface area contributed by atoms with Crippen LogP contribution >= 0.6 is 0 Å². The van der Waals surface area contributed by atoms with Crippen LogP contribution in [-0.2, 0) is 0 Å². The minimum Gasteiger partial charge on any atom is -0.497 e. The van der Waals surface area contributed by atoms with Gasteiger partial charge in [-0.15, -0.1) is 0 Å². The summed E-state index contributed by atoms with van der Waals surface area (Å²) in [6.07, 6.45) is 0. The number of hydrogen-bond donors (Lipinski definition) is 3. The highest BCUT2D eigenvalue weighted by Crippen LogP contribution is 2.17. The number of amides is 2. The number of nitrogens with one attached hydrogen (secondary N) is 1. The van der Waals surface area contributed by atoms with Gasteiger partial charge in [-0.1, -0.05) is 12.1 Å². The number of nitrogens with zero attached hydrogens (tertiary/aromatic N) is 1. The summed E-state index contributed by atoms with van der Waals surface area (Å²) in [5, 5.41) is 21.1. The van der Waals surface area contributed by atoms with E-state index in [2.05, 4.69) is 5.32 Å². The zero-order chi connectivity index (χ0) is 16.1. The highest BCUT2D eigenvalue weighted by molar-refractivity contribution is 6.58. The molecule has 0 aromatic heterocycles. The first-order chi connectivity index (χ1) is 10.5. The first-order valence-electron chi connectivity index (χ1n) is 6.66. The summed E-state index contributed by atoms with van der Waals surface area (Å²) >= 11 is 0. The van der Waals surface area contributed by atoms with Crippen LogP contribution in [0.4, 0.5) is 16.2 Å². The molecule has 0 unspecified atom stereocenters. The van der Waals surface area contributed by atoms with E-state index in [9.17, 15) is 14.8 Å². The van der Waals surface area contributed by atoms with Gasteiger partial charge in [0.25, 0.3) is 0 Å². The number of methoxy groups -OCH3 is 1. The first kappa shape index (κ1) is 15.9. The molecule has 0 fully saturated rings. The number of rotatable bonds is 4. The Morgan fingerprint density at radius 1 is 1.18 bits per heavy atom. The van der Waals surface area contributed by atoms with E-state index in [0.29, 0.717) is 22.6 Å². The van der Waals surface area contributed by atoms with E-state index in [4.69, 9.17) is 4.74 Å². The molecule has 0 aliphatic rings. The van der Waals surface area contributed by atoms with Crippen molar-refractivity contribution in [2.45, 2.75) is 0 Å². The molecule has 0 aliphatic heterocycles. The molecule has 0 bridgehead atoms. The summed E-state index contributed by atoms with van der Waals surface area (Å²) < 4.78 is 5.06. The number of hydrogen-bond acceptors (Lipinski definition) is 4. The molecule has 2 rings (SSSR count). The van der Waals surface area contributed by atoms with E-state index in [1.54, 1.807) is 56.6 Å². The van der Waals surface area contributed by atoms with Crippen molar-refractivity contribution >= 4 is 30.0 Å². The van der Waals surface area contributed by atoms with Crippen LogP contribution in [0.2, 0.25) is 0 Å². The maximum atomic E-state index is 12.2. The Morgan fingerprint density at radius 2 is 1.86 bits per heavy atom. The van der Waals surface area contributed by atoms with Crippen molar-refractivity contribution in [2.24, 2.45) is 0 Å². The molecule has 0 saturated carbocycles. The van der Waals surface area contributed by atoms with Crippen molar-refractivity contribution in [1.29, 1.82) is 0 Å². The highest BCUT2D eigenvalue weighted by atomic mass is 16.5. The zero-order valence-electron chi connectivity index (χ0n) is 12.4. The molecule has 2 aromatic carbocycles. The lowest BCUT2D eigenvalue weighted by Crippen LogP contribution is -2.34. The molecule has 2 amide bonds. The quantitative estimate of drug-likeness (QED) is 0.737. The molecule has 0 spiro atoms. The van der Waals surface area contributed by atoms with Crippen LogP contribution in [0, 0.1) is 0 Å². The molecule has 0 heterocycles. The molecule has 2 aromatic rings. The minimum atomic E-state index is -1.57. The Kier molecular flexibility index (Phi) is 5.03. The molecule has 22 heavy (non-hydrogen) atoms. The molecule has 6 nitrogen and oxygen atoms in total. The maximum Gasteiger partial charge on any atom is 0.488 e. The van der Waals surface area contributed by atoms with Gasteiger partial charge in [0.2, 0.25) is 0 Å². The Bertz CT molecular complexity index is 646. The van der Waals surface area contributed by atoms with Crippen molar-refractivity contribution < 1.29 is 19.6 Å². The predicted octanol–water partition coefficient (Wildman–Crippen LogP) is 1.04. The molecule has 3 N–H and O–H groups in total. The average Bonchev–Trinajstić information content (AvgIpc) is 2.54. The van der Waals surface area contributed by atoms with Crippen LogP contribution in [0.25, 0.3) is 0 Å². The second-order valence-electron chi connectivity index (χ2n) is 4.69. The van der Waals surface area contributed by atoms with Crippen LogP contribution in [0.1, 0.15) is 0 Å². The van der Waals surface area contributed by atoms with E-state index < -0.39 is 7.12 Å². The summed E-state index contributed by atoms with van der Waals surface area (Å²) in [6.45, 7) is 0. The zero-order valence-corrected chi connectivity index (χ0v) is 12.4. The van der Waals surface area contributed by atoms with E-state index in [1.165, 1.54) is 11.0 Å².